The zero-order chi connectivity index (χ0) is 9.90. The van der Waals surface area contributed by atoms with Gasteiger partial charge in [0.05, 0.1) is 0 Å². The van der Waals surface area contributed by atoms with Crippen LogP contribution < -0.4 is 0 Å². The largest absolute Gasteiger partial charge is 0.303 e. The molecule has 1 atom stereocenters. The topological polar surface area (TPSA) is 17.1 Å². The lowest BCUT2D eigenvalue weighted by Crippen LogP contribution is -2.20. The Bertz CT molecular complexity index is 215. The molecule has 0 saturated carbocycles. The van der Waals surface area contributed by atoms with Gasteiger partial charge in [-0.1, -0.05) is 32.4 Å². The quantitative estimate of drug-likeness (QED) is 0.481. The van der Waals surface area contributed by atoms with E-state index in [1.807, 2.05) is 0 Å². The van der Waals surface area contributed by atoms with Gasteiger partial charge in [-0.15, -0.1) is 0 Å². The number of hydrogen-bond donors (Lipinski definition) is 0. The average molecular weight is 180 g/mol. The van der Waals surface area contributed by atoms with Gasteiger partial charge in [0, 0.05) is 5.41 Å². The monoisotopic (exact) mass is 180 g/mol. The van der Waals surface area contributed by atoms with Gasteiger partial charge in [-0.2, -0.15) is 0 Å². The Labute approximate surface area is 81.2 Å². The normalized spacial score (nSPS) is 28.8. The van der Waals surface area contributed by atoms with Crippen LogP contribution in [-0.4, -0.2) is 6.29 Å². The van der Waals surface area contributed by atoms with Crippen molar-refractivity contribution in [2.45, 2.75) is 46.5 Å². The number of carbonyl (C=O) groups is 1. The van der Waals surface area contributed by atoms with Crippen LogP contribution >= 0.6 is 0 Å². The molecule has 13 heavy (non-hydrogen) atoms. The van der Waals surface area contributed by atoms with E-state index in [0.29, 0.717) is 0 Å². The molecule has 0 aromatic rings. The van der Waals surface area contributed by atoms with Gasteiger partial charge in [0.2, 0.25) is 0 Å². The first kappa shape index (κ1) is 10.5. The Hall–Kier alpha value is -0.590. The number of allylic oxidation sites excluding steroid dienone is 2. The fourth-order valence-corrected chi connectivity index (χ4v) is 1.84. The van der Waals surface area contributed by atoms with Crippen molar-refractivity contribution in [3.8, 4) is 0 Å². The van der Waals surface area contributed by atoms with Crippen LogP contribution in [0.25, 0.3) is 0 Å². The first-order valence-electron chi connectivity index (χ1n) is 5.20. The van der Waals surface area contributed by atoms with Gasteiger partial charge >= 0.3 is 0 Å². The third-order valence-corrected chi connectivity index (χ3v) is 2.83. The first-order valence-corrected chi connectivity index (χ1v) is 5.20. The van der Waals surface area contributed by atoms with Gasteiger partial charge < -0.3 is 4.79 Å². The van der Waals surface area contributed by atoms with E-state index < -0.39 is 0 Å². The highest BCUT2D eigenvalue weighted by atomic mass is 16.1. The summed E-state index contributed by atoms with van der Waals surface area (Å²) in [6.07, 6.45) is 7.70. The minimum Gasteiger partial charge on any atom is -0.303 e. The lowest BCUT2D eigenvalue weighted by Gasteiger charge is -2.27. The second kappa shape index (κ2) is 4.08. The summed E-state index contributed by atoms with van der Waals surface area (Å²) in [7, 11) is 0. The van der Waals surface area contributed by atoms with E-state index in [1.54, 1.807) is 5.57 Å². The molecule has 1 rings (SSSR count). The second-order valence-corrected chi connectivity index (χ2v) is 4.94. The molecule has 74 valence electrons. The van der Waals surface area contributed by atoms with Crippen LogP contribution in [-0.2, 0) is 4.79 Å². The van der Waals surface area contributed by atoms with E-state index in [2.05, 4.69) is 26.8 Å². The molecular formula is C12H20O. The SMILES string of the molecule is CC(C)CC1=CCC(C)(C=O)CC1. The molecule has 0 bridgehead atoms. The highest BCUT2D eigenvalue weighted by Crippen LogP contribution is 2.34. The maximum absolute atomic E-state index is 10.8. The van der Waals surface area contributed by atoms with Crippen LogP contribution in [0.2, 0.25) is 0 Å². The molecule has 0 aromatic carbocycles. The van der Waals surface area contributed by atoms with Crippen LogP contribution in [0.4, 0.5) is 0 Å². The zero-order valence-electron chi connectivity index (χ0n) is 8.97. The number of hydrogen-bond acceptors (Lipinski definition) is 1. The molecule has 0 radical (unpaired) electrons. The average Bonchev–Trinajstić information content (AvgIpc) is 2.09. The summed E-state index contributed by atoms with van der Waals surface area (Å²) >= 11 is 0. The van der Waals surface area contributed by atoms with Crippen LogP contribution in [0, 0.1) is 11.3 Å². The van der Waals surface area contributed by atoms with Crippen molar-refractivity contribution < 1.29 is 4.79 Å². The molecule has 1 aliphatic rings. The fraction of sp³-hybridized carbons (Fsp3) is 0.750. The van der Waals surface area contributed by atoms with E-state index in [4.69, 9.17) is 0 Å². The standard InChI is InChI=1S/C12H20O/c1-10(2)8-11-4-6-12(3,9-13)7-5-11/h4,9-10H,5-8H2,1-3H3. The van der Waals surface area contributed by atoms with Crippen LogP contribution in [0.15, 0.2) is 11.6 Å². The maximum atomic E-state index is 10.8. The lowest BCUT2D eigenvalue weighted by atomic mass is 9.76. The van der Waals surface area contributed by atoms with E-state index in [0.717, 1.165) is 31.5 Å². The lowest BCUT2D eigenvalue weighted by molar-refractivity contribution is -0.115. The summed E-state index contributed by atoms with van der Waals surface area (Å²) in [6.45, 7) is 6.55. The molecule has 1 heteroatoms. The minimum atomic E-state index is -0.0690. The summed E-state index contributed by atoms with van der Waals surface area (Å²) in [5.41, 5.74) is 1.48. The van der Waals surface area contributed by atoms with Crippen molar-refractivity contribution in [3.05, 3.63) is 11.6 Å². The van der Waals surface area contributed by atoms with Crippen LogP contribution in [0.1, 0.15) is 46.5 Å². The number of carbonyl (C=O) groups excluding carboxylic acids is 1. The number of rotatable bonds is 3. The molecule has 0 aromatic heterocycles. The Balaban J connectivity index is 2.52. The van der Waals surface area contributed by atoms with Crippen molar-refractivity contribution in [2.75, 3.05) is 0 Å². The third kappa shape index (κ3) is 2.98. The molecule has 1 unspecified atom stereocenters. The predicted octanol–water partition coefficient (Wildman–Crippen LogP) is 3.35. The maximum Gasteiger partial charge on any atom is 0.126 e. The highest BCUT2D eigenvalue weighted by molar-refractivity contribution is 5.59. The summed E-state index contributed by atoms with van der Waals surface area (Å²) in [4.78, 5) is 10.8. The molecule has 0 spiro atoms. The van der Waals surface area contributed by atoms with E-state index >= 15 is 0 Å². The summed E-state index contributed by atoms with van der Waals surface area (Å²) < 4.78 is 0. The molecule has 0 amide bonds. The predicted molar refractivity (Wildman–Crippen MR) is 55.6 cm³/mol. The smallest absolute Gasteiger partial charge is 0.126 e. The first-order chi connectivity index (χ1) is 6.06. The van der Waals surface area contributed by atoms with Crippen molar-refractivity contribution >= 4 is 6.29 Å². The fourth-order valence-electron chi connectivity index (χ4n) is 1.84. The number of aldehydes is 1. The zero-order valence-corrected chi connectivity index (χ0v) is 8.97. The van der Waals surface area contributed by atoms with E-state index in [-0.39, 0.29) is 5.41 Å². The highest BCUT2D eigenvalue weighted by Gasteiger charge is 2.25. The Morgan fingerprint density at radius 2 is 2.31 bits per heavy atom. The van der Waals surface area contributed by atoms with Gasteiger partial charge in [-0.05, 0) is 31.6 Å². The molecular weight excluding hydrogens is 160 g/mol. The van der Waals surface area contributed by atoms with Gasteiger partial charge in [0.15, 0.2) is 0 Å². The third-order valence-electron chi connectivity index (χ3n) is 2.83. The van der Waals surface area contributed by atoms with Crippen LogP contribution in [0.5, 0.6) is 0 Å². The van der Waals surface area contributed by atoms with E-state index in [1.165, 1.54) is 6.42 Å². The van der Waals surface area contributed by atoms with Crippen molar-refractivity contribution in [1.82, 2.24) is 0 Å². The molecule has 0 heterocycles. The summed E-state index contributed by atoms with van der Waals surface area (Å²) in [5, 5.41) is 0. The molecule has 0 fully saturated rings. The van der Waals surface area contributed by atoms with Gasteiger partial charge in [-0.3, -0.25) is 0 Å². The molecule has 1 nitrogen and oxygen atoms in total. The van der Waals surface area contributed by atoms with Crippen molar-refractivity contribution in [2.24, 2.45) is 11.3 Å². The Morgan fingerprint density at radius 3 is 2.69 bits per heavy atom. The molecule has 0 N–H and O–H groups in total. The Morgan fingerprint density at radius 1 is 1.62 bits per heavy atom. The molecule has 1 aliphatic carbocycles. The van der Waals surface area contributed by atoms with Gasteiger partial charge in [0.25, 0.3) is 0 Å². The van der Waals surface area contributed by atoms with Gasteiger partial charge in [-0.25, -0.2) is 0 Å². The van der Waals surface area contributed by atoms with Crippen molar-refractivity contribution in [3.63, 3.8) is 0 Å². The van der Waals surface area contributed by atoms with E-state index in [9.17, 15) is 4.79 Å². The van der Waals surface area contributed by atoms with Crippen molar-refractivity contribution in [1.29, 1.82) is 0 Å². The summed E-state index contributed by atoms with van der Waals surface area (Å²) in [6, 6.07) is 0. The van der Waals surface area contributed by atoms with Crippen LogP contribution in [0.3, 0.4) is 0 Å². The summed E-state index contributed by atoms with van der Waals surface area (Å²) in [5.74, 6) is 0.742. The molecule has 0 saturated heterocycles. The molecule has 0 aliphatic heterocycles. The van der Waals surface area contributed by atoms with Gasteiger partial charge in [0.1, 0.15) is 6.29 Å². The second-order valence-electron chi connectivity index (χ2n) is 4.94. The minimum absolute atomic E-state index is 0.0690. The Kier molecular flexibility index (Phi) is 3.29.